The monoisotopic (exact) mass is 373 g/mol. The van der Waals surface area contributed by atoms with Gasteiger partial charge >= 0.3 is 6.61 Å². The van der Waals surface area contributed by atoms with E-state index in [9.17, 15) is 13.6 Å². The van der Waals surface area contributed by atoms with Gasteiger partial charge in [-0.1, -0.05) is 30.3 Å². The first-order valence-corrected chi connectivity index (χ1v) is 9.02. The number of nitrogens with zero attached hydrogens (tertiary/aromatic N) is 1. The van der Waals surface area contributed by atoms with Crippen LogP contribution in [0.15, 0.2) is 48.5 Å². The second-order valence-electron chi connectivity index (χ2n) is 6.85. The van der Waals surface area contributed by atoms with Gasteiger partial charge in [-0.2, -0.15) is 8.78 Å². The van der Waals surface area contributed by atoms with Crippen molar-refractivity contribution in [1.82, 2.24) is 5.32 Å². The third kappa shape index (κ3) is 3.35. The summed E-state index contributed by atoms with van der Waals surface area (Å²) in [6, 6.07) is 14.2. The molecular weight excluding hydrogens is 352 g/mol. The molecule has 2 aliphatic heterocycles. The zero-order chi connectivity index (χ0) is 18.9. The SMILES string of the molecule is O=C1N(Cc2ccccc2OC(F)F)c2ccccc2NC12CCNCC2. The maximum absolute atomic E-state index is 13.4. The predicted molar refractivity (Wildman–Crippen MR) is 99.2 cm³/mol. The van der Waals surface area contributed by atoms with Crippen LogP contribution in [-0.4, -0.2) is 31.1 Å². The van der Waals surface area contributed by atoms with Crippen LogP contribution in [0.2, 0.25) is 0 Å². The number of halogens is 2. The molecule has 2 aliphatic rings. The van der Waals surface area contributed by atoms with Crippen LogP contribution in [0.1, 0.15) is 18.4 Å². The van der Waals surface area contributed by atoms with Gasteiger partial charge in [0.2, 0.25) is 0 Å². The van der Waals surface area contributed by atoms with E-state index in [4.69, 9.17) is 0 Å². The van der Waals surface area contributed by atoms with Gasteiger partial charge in [-0.25, -0.2) is 0 Å². The molecule has 2 aromatic carbocycles. The highest BCUT2D eigenvalue weighted by Crippen LogP contribution is 2.40. The first-order valence-electron chi connectivity index (χ1n) is 9.02. The Balaban J connectivity index is 1.72. The number of anilines is 2. The second-order valence-corrected chi connectivity index (χ2v) is 6.85. The quantitative estimate of drug-likeness (QED) is 0.863. The number of alkyl halides is 2. The number of piperidine rings is 1. The van der Waals surface area contributed by atoms with Gasteiger partial charge in [-0.3, -0.25) is 4.79 Å². The van der Waals surface area contributed by atoms with E-state index in [2.05, 4.69) is 15.4 Å². The smallest absolute Gasteiger partial charge is 0.387 e. The van der Waals surface area contributed by atoms with Crippen molar-refractivity contribution in [3.8, 4) is 5.75 Å². The molecule has 2 aromatic rings. The lowest BCUT2D eigenvalue weighted by Gasteiger charge is -2.46. The second kappa shape index (κ2) is 7.15. The number of para-hydroxylation sites is 3. The summed E-state index contributed by atoms with van der Waals surface area (Å²) in [5, 5.41) is 6.72. The molecule has 0 bridgehead atoms. The first kappa shape index (κ1) is 17.7. The number of fused-ring (bicyclic) bond motifs is 1. The standard InChI is InChI=1S/C20H21F2N3O2/c21-19(22)27-17-8-4-1-5-14(17)13-25-16-7-3-2-6-15(16)24-20(18(25)26)9-11-23-12-10-20/h1-8,19,23-24H,9-13H2. The molecule has 2 N–H and O–H groups in total. The molecule has 4 rings (SSSR count). The Morgan fingerprint density at radius 3 is 2.56 bits per heavy atom. The van der Waals surface area contributed by atoms with E-state index in [1.807, 2.05) is 24.3 Å². The molecule has 1 saturated heterocycles. The topological polar surface area (TPSA) is 53.6 Å². The van der Waals surface area contributed by atoms with Crippen LogP contribution in [0.4, 0.5) is 20.2 Å². The largest absolute Gasteiger partial charge is 0.434 e. The molecule has 1 amide bonds. The number of nitrogens with one attached hydrogen (secondary N) is 2. The minimum Gasteiger partial charge on any atom is -0.434 e. The highest BCUT2D eigenvalue weighted by atomic mass is 19.3. The van der Waals surface area contributed by atoms with Gasteiger partial charge in [0, 0.05) is 5.56 Å². The van der Waals surface area contributed by atoms with Crippen LogP contribution < -0.4 is 20.3 Å². The van der Waals surface area contributed by atoms with E-state index >= 15 is 0 Å². The minimum absolute atomic E-state index is 0.0328. The van der Waals surface area contributed by atoms with Crippen molar-refractivity contribution in [2.24, 2.45) is 0 Å². The molecule has 1 fully saturated rings. The van der Waals surface area contributed by atoms with Crippen molar-refractivity contribution in [3.05, 3.63) is 54.1 Å². The normalized spacial score (nSPS) is 18.3. The van der Waals surface area contributed by atoms with E-state index in [1.54, 1.807) is 23.1 Å². The van der Waals surface area contributed by atoms with E-state index in [1.165, 1.54) is 6.07 Å². The van der Waals surface area contributed by atoms with Crippen LogP contribution in [-0.2, 0) is 11.3 Å². The molecular formula is C20H21F2N3O2. The highest BCUT2D eigenvalue weighted by molar-refractivity contribution is 6.08. The summed E-state index contributed by atoms with van der Waals surface area (Å²) in [5.41, 5.74) is 1.51. The van der Waals surface area contributed by atoms with Crippen molar-refractivity contribution in [2.75, 3.05) is 23.3 Å². The maximum Gasteiger partial charge on any atom is 0.387 e. The third-order valence-electron chi connectivity index (χ3n) is 5.20. The molecule has 5 nitrogen and oxygen atoms in total. The molecule has 1 spiro atoms. The van der Waals surface area contributed by atoms with E-state index in [0.29, 0.717) is 18.4 Å². The van der Waals surface area contributed by atoms with Crippen LogP contribution in [0.3, 0.4) is 0 Å². The van der Waals surface area contributed by atoms with Gasteiger partial charge in [0.05, 0.1) is 17.9 Å². The lowest BCUT2D eigenvalue weighted by molar-refractivity contribution is -0.124. The molecule has 2 heterocycles. The number of rotatable bonds is 4. The fraction of sp³-hybridized carbons (Fsp3) is 0.350. The zero-order valence-electron chi connectivity index (χ0n) is 14.8. The number of ether oxygens (including phenoxy) is 1. The maximum atomic E-state index is 13.4. The Labute approximate surface area is 156 Å². The summed E-state index contributed by atoms with van der Waals surface area (Å²) in [7, 11) is 0. The van der Waals surface area contributed by atoms with Crippen LogP contribution in [0, 0.1) is 0 Å². The number of amides is 1. The van der Waals surface area contributed by atoms with E-state index in [-0.39, 0.29) is 18.2 Å². The van der Waals surface area contributed by atoms with Crippen LogP contribution in [0.25, 0.3) is 0 Å². The number of benzene rings is 2. The summed E-state index contributed by atoms with van der Waals surface area (Å²) in [5.74, 6) is 0.0604. The average molecular weight is 373 g/mol. The molecule has 0 atom stereocenters. The van der Waals surface area contributed by atoms with Gasteiger partial charge in [0.15, 0.2) is 0 Å². The Morgan fingerprint density at radius 1 is 1.07 bits per heavy atom. The number of hydrogen-bond donors (Lipinski definition) is 2. The molecule has 0 aliphatic carbocycles. The average Bonchev–Trinajstić information content (AvgIpc) is 2.67. The summed E-state index contributed by atoms with van der Waals surface area (Å²) >= 11 is 0. The van der Waals surface area contributed by atoms with Crippen molar-refractivity contribution < 1.29 is 18.3 Å². The Bertz CT molecular complexity index is 837. The van der Waals surface area contributed by atoms with Crippen molar-refractivity contribution >= 4 is 17.3 Å². The molecule has 142 valence electrons. The van der Waals surface area contributed by atoms with Crippen LogP contribution >= 0.6 is 0 Å². The molecule has 27 heavy (non-hydrogen) atoms. The predicted octanol–water partition coefficient (Wildman–Crippen LogP) is 3.37. The van der Waals surface area contributed by atoms with E-state index in [0.717, 1.165) is 24.5 Å². The summed E-state index contributed by atoms with van der Waals surface area (Å²) < 4.78 is 30.2. The Morgan fingerprint density at radius 2 is 1.78 bits per heavy atom. The van der Waals surface area contributed by atoms with Crippen molar-refractivity contribution in [3.63, 3.8) is 0 Å². The first-order chi connectivity index (χ1) is 13.1. The lowest BCUT2D eigenvalue weighted by atomic mass is 9.84. The van der Waals surface area contributed by atoms with Gasteiger partial charge in [0.25, 0.3) is 5.91 Å². The van der Waals surface area contributed by atoms with Gasteiger partial charge in [-0.05, 0) is 44.1 Å². The van der Waals surface area contributed by atoms with Gasteiger partial charge in [0.1, 0.15) is 11.3 Å². The zero-order valence-corrected chi connectivity index (χ0v) is 14.8. The van der Waals surface area contributed by atoms with Crippen molar-refractivity contribution in [2.45, 2.75) is 31.5 Å². The highest BCUT2D eigenvalue weighted by Gasteiger charge is 2.46. The fourth-order valence-electron chi connectivity index (χ4n) is 3.86. The molecule has 0 aromatic heterocycles. The van der Waals surface area contributed by atoms with Crippen LogP contribution in [0.5, 0.6) is 5.75 Å². The summed E-state index contributed by atoms with van der Waals surface area (Å²) in [6.07, 6.45) is 1.34. The Hall–Kier alpha value is -2.67. The molecule has 7 heteroatoms. The van der Waals surface area contributed by atoms with Crippen molar-refractivity contribution in [1.29, 1.82) is 0 Å². The molecule has 0 unspecified atom stereocenters. The number of carbonyl (C=O) groups is 1. The van der Waals surface area contributed by atoms with Gasteiger partial charge < -0.3 is 20.3 Å². The molecule has 0 saturated carbocycles. The minimum atomic E-state index is -2.91. The fourth-order valence-corrected chi connectivity index (χ4v) is 3.86. The van der Waals surface area contributed by atoms with Gasteiger partial charge in [-0.15, -0.1) is 0 Å². The Kier molecular flexibility index (Phi) is 4.70. The number of carbonyl (C=O) groups excluding carboxylic acids is 1. The lowest BCUT2D eigenvalue weighted by Crippen LogP contribution is -2.61. The van der Waals surface area contributed by atoms with E-state index < -0.39 is 12.2 Å². The summed E-state index contributed by atoms with van der Waals surface area (Å²) in [6.45, 7) is -1.23. The summed E-state index contributed by atoms with van der Waals surface area (Å²) in [4.78, 5) is 15.1. The molecule has 0 radical (unpaired) electrons. The third-order valence-corrected chi connectivity index (χ3v) is 5.20. The number of hydrogen-bond acceptors (Lipinski definition) is 4.